The number of carbonyl (C=O) groups excluding carboxylic acids is 3. The van der Waals surface area contributed by atoms with Crippen LogP contribution in [0.25, 0.3) is 5.69 Å². The van der Waals surface area contributed by atoms with E-state index >= 15 is 0 Å². The first-order chi connectivity index (χ1) is 15.9. The minimum absolute atomic E-state index is 0.0321. The smallest absolute Gasteiger partial charge is 0.342 e. The molecule has 0 unspecified atom stereocenters. The largest absolute Gasteiger partial charge is 0.462 e. The first-order valence-electron chi connectivity index (χ1n) is 10.4. The van der Waals surface area contributed by atoms with E-state index in [0.717, 1.165) is 36.1 Å². The molecule has 0 bridgehead atoms. The van der Waals surface area contributed by atoms with Gasteiger partial charge in [0, 0.05) is 5.92 Å². The van der Waals surface area contributed by atoms with E-state index in [1.807, 2.05) is 35.0 Å². The third-order valence-electron chi connectivity index (χ3n) is 4.95. The molecule has 3 aromatic rings. The van der Waals surface area contributed by atoms with Crippen molar-refractivity contribution in [2.75, 3.05) is 17.7 Å². The van der Waals surface area contributed by atoms with E-state index in [1.54, 1.807) is 6.92 Å². The molecule has 1 fully saturated rings. The number of benzene rings is 1. The van der Waals surface area contributed by atoms with Gasteiger partial charge in [0.2, 0.25) is 16.9 Å². The second-order valence-electron chi connectivity index (χ2n) is 7.43. The van der Waals surface area contributed by atoms with E-state index in [2.05, 4.69) is 15.4 Å². The fourth-order valence-electron chi connectivity index (χ4n) is 3.34. The van der Waals surface area contributed by atoms with Gasteiger partial charge in [-0.05, 0) is 38.8 Å². The van der Waals surface area contributed by atoms with E-state index < -0.39 is 17.8 Å². The number of nitrogens with one attached hydrogen (secondary N) is 1. The number of para-hydroxylation sites is 1. The van der Waals surface area contributed by atoms with Gasteiger partial charge in [0.1, 0.15) is 22.7 Å². The van der Waals surface area contributed by atoms with Gasteiger partial charge in [-0.25, -0.2) is 14.5 Å². The number of anilines is 1. The highest BCUT2D eigenvalue weighted by Gasteiger charge is 2.31. The Hall–Kier alpha value is -3.60. The number of carbonyl (C=O) groups is 3. The summed E-state index contributed by atoms with van der Waals surface area (Å²) >= 11 is 1.16. The van der Waals surface area contributed by atoms with Crippen molar-refractivity contribution in [3.05, 3.63) is 53.0 Å². The molecule has 2 aromatic heterocycles. The zero-order valence-corrected chi connectivity index (χ0v) is 19.0. The van der Waals surface area contributed by atoms with Crippen molar-refractivity contribution in [1.29, 1.82) is 0 Å². The van der Waals surface area contributed by atoms with Crippen LogP contribution in [0.4, 0.5) is 5.88 Å². The van der Waals surface area contributed by atoms with E-state index in [4.69, 9.17) is 14.9 Å². The summed E-state index contributed by atoms with van der Waals surface area (Å²) in [5.41, 5.74) is 6.03. The lowest BCUT2D eigenvalue weighted by Crippen LogP contribution is -2.21. The Morgan fingerprint density at radius 2 is 1.97 bits per heavy atom. The molecule has 0 radical (unpaired) electrons. The molecule has 0 atom stereocenters. The zero-order valence-electron chi connectivity index (χ0n) is 18.2. The van der Waals surface area contributed by atoms with Crippen LogP contribution < -0.4 is 11.1 Å². The van der Waals surface area contributed by atoms with Gasteiger partial charge in [0.25, 0.3) is 5.91 Å². The van der Waals surface area contributed by atoms with Crippen LogP contribution in [0.5, 0.6) is 0 Å². The predicted octanol–water partition coefficient (Wildman–Crippen LogP) is 3.05. The number of aromatic nitrogens is 3. The Kier molecular flexibility index (Phi) is 6.50. The number of rotatable bonds is 9. The molecule has 0 saturated heterocycles. The van der Waals surface area contributed by atoms with Crippen LogP contribution in [-0.4, -0.2) is 44.9 Å². The number of amides is 2. The summed E-state index contributed by atoms with van der Waals surface area (Å²) < 4.78 is 12.2. The second-order valence-corrected chi connectivity index (χ2v) is 8.38. The summed E-state index contributed by atoms with van der Waals surface area (Å²) in [6.07, 6.45) is 2.12. The minimum atomic E-state index is -0.907. The Bertz CT molecular complexity index is 1200. The Labute approximate surface area is 193 Å². The molecule has 172 valence electrons. The Morgan fingerprint density at radius 3 is 2.61 bits per heavy atom. The number of primary amides is 1. The number of nitrogens with zero attached hydrogens (tertiary/aromatic N) is 3. The molecular formula is C22H23N5O5S. The van der Waals surface area contributed by atoms with Gasteiger partial charge in [0.05, 0.1) is 18.0 Å². The zero-order chi connectivity index (χ0) is 23.5. The number of furan rings is 1. The normalized spacial score (nSPS) is 13.0. The Balaban J connectivity index is 1.48. The van der Waals surface area contributed by atoms with Crippen molar-refractivity contribution in [3.63, 3.8) is 0 Å². The van der Waals surface area contributed by atoms with E-state index in [0.29, 0.717) is 11.1 Å². The van der Waals surface area contributed by atoms with Crippen LogP contribution in [0.3, 0.4) is 0 Å². The Morgan fingerprint density at radius 1 is 1.24 bits per heavy atom. The quantitative estimate of drug-likeness (QED) is 0.360. The van der Waals surface area contributed by atoms with E-state index in [1.165, 1.54) is 6.92 Å². The summed E-state index contributed by atoms with van der Waals surface area (Å²) in [6.45, 7) is 3.24. The van der Waals surface area contributed by atoms with Crippen molar-refractivity contribution in [3.8, 4) is 5.69 Å². The van der Waals surface area contributed by atoms with Crippen molar-refractivity contribution in [1.82, 2.24) is 14.8 Å². The van der Waals surface area contributed by atoms with Gasteiger partial charge in [-0.1, -0.05) is 30.0 Å². The summed E-state index contributed by atoms with van der Waals surface area (Å²) in [7, 11) is 0. The average molecular weight is 470 g/mol. The van der Waals surface area contributed by atoms with Gasteiger partial charge >= 0.3 is 5.97 Å². The number of ether oxygens (including phenoxy) is 1. The first-order valence-corrected chi connectivity index (χ1v) is 11.4. The van der Waals surface area contributed by atoms with Crippen LogP contribution in [0.1, 0.15) is 58.0 Å². The molecule has 1 aromatic carbocycles. The van der Waals surface area contributed by atoms with Crippen molar-refractivity contribution >= 4 is 35.4 Å². The number of hydrogen-bond donors (Lipinski definition) is 2. The highest BCUT2D eigenvalue weighted by atomic mass is 32.2. The maximum absolute atomic E-state index is 12.6. The molecule has 11 heteroatoms. The lowest BCUT2D eigenvalue weighted by atomic mass is 10.1. The van der Waals surface area contributed by atoms with E-state index in [9.17, 15) is 14.4 Å². The lowest BCUT2D eigenvalue weighted by Gasteiger charge is -2.04. The average Bonchev–Trinajstić information content (AvgIpc) is 3.45. The molecule has 0 aliphatic heterocycles. The fourth-order valence-corrected chi connectivity index (χ4v) is 3.97. The van der Waals surface area contributed by atoms with Gasteiger partial charge in [-0.3, -0.25) is 14.9 Å². The summed E-state index contributed by atoms with van der Waals surface area (Å²) in [4.78, 5) is 41.3. The van der Waals surface area contributed by atoms with Crippen LogP contribution >= 0.6 is 11.8 Å². The van der Waals surface area contributed by atoms with Crippen molar-refractivity contribution < 1.29 is 23.5 Å². The third-order valence-corrected chi connectivity index (χ3v) is 5.79. The maximum atomic E-state index is 12.6. The number of thioether (sulfide) groups is 1. The summed E-state index contributed by atoms with van der Waals surface area (Å²) in [5.74, 6) is -0.961. The molecule has 2 amide bonds. The molecule has 4 rings (SSSR count). The molecular weight excluding hydrogens is 446 g/mol. The third kappa shape index (κ3) is 4.92. The van der Waals surface area contributed by atoms with Gasteiger partial charge < -0.3 is 14.9 Å². The molecule has 10 nitrogen and oxygen atoms in total. The second kappa shape index (κ2) is 9.49. The van der Waals surface area contributed by atoms with Gasteiger partial charge in [0.15, 0.2) is 0 Å². The first kappa shape index (κ1) is 22.6. The maximum Gasteiger partial charge on any atom is 0.342 e. The highest BCUT2D eigenvalue weighted by Crippen LogP contribution is 2.40. The molecule has 33 heavy (non-hydrogen) atoms. The van der Waals surface area contributed by atoms with Crippen LogP contribution in [0, 0.1) is 6.92 Å². The number of hydrogen-bond acceptors (Lipinski definition) is 8. The fraction of sp³-hybridized carbons (Fsp3) is 0.318. The van der Waals surface area contributed by atoms with Crippen LogP contribution in [-0.2, 0) is 9.53 Å². The van der Waals surface area contributed by atoms with Crippen molar-refractivity contribution in [2.24, 2.45) is 5.73 Å². The number of aryl methyl sites for hydroxylation is 1. The number of nitrogens with two attached hydrogens (primary N) is 1. The molecule has 1 saturated carbocycles. The molecule has 1 aliphatic rings. The molecule has 2 heterocycles. The predicted molar refractivity (Wildman–Crippen MR) is 121 cm³/mol. The van der Waals surface area contributed by atoms with Gasteiger partial charge in [-0.15, -0.1) is 5.10 Å². The summed E-state index contributed by atoms with van der Waals surface area (Å²) in [5, 5.41) is 7.54. The molecule has 1 aliphatic carbocycles. The molecule has 0 spiro atoms. The SMILES string of the molecule is CCOC(=O)c1c(C)oc(NC(=O)CSc2nc(C3CC3)n(-c3ccccc3)n2)c1C(N)=O. The standard InChI is InChI=1S/C22H23N5O5S/c1-3-31-21(30)16-12(2)32-20(17(16)18(23)29)24-15(28)11-33-22-25-19(13-9-10-13)27(26-22)14-7-5-4-6-8-14/h4-8,13H,3,9-11H2,1-2H3,(H2,23,29)(H,24,28). The van der Waals surface area contributed by atoms with Crippen LogP contribution in [0.2, 0.25) is 0 Å². The lowest BCUT2D eigenvalue weighted by molar-refractivity contribution is -0.113. The number of esters is 1. The molecule has 3 N–H and O–H groups in total. The topological polar surface area (TPSA) is 142 Å². The van der Waals surface area contributed by atoms with Crippen LogP contribution in [0.15, 0.2) is 39.9 Å². The van der Waals surface area contributed by atoms with Crippen molar-refractivity contribution in [2.45, 2.75) is 37.8 Å². The van der Waals surface area contributed by atoms with E-state index in [-0.39, 0.29) is 35.1 Å². The highest BCUT2D eigenvalue weighted by molar-refractivity contribution is 7.99. The monoisotopic (exact) mass is 469 g/mol. The minimum Gasteiger partial charge on any atom is -0.462 e. The summed E-state index contributed by atoms with van der Waals surface area (Å²) in [6, 6.07) is 9.70. The van der Waals surface area contributed by atoms with Gasteiger partial charge in [-0.2, -0.15) is 0 Å².